The Balaban J connectivity index is 2.27. The summed E-state index contributed by atoms with van der Waals surface area (Å²) >= 11 is 9.46. The fourth-order valence-corrected chi connectivity index (χ4v) is 3.47. The maximum absolute atomic E-state index is 6.11. The molecule has 0 radical (unpaired) electrons. The summed E-state index contributed by atoms with van der Waals surface area (Å²) in [4.78, 5) is 5.76. The zero-order valence-electron chi connectivity index (χ0n) is 7.61. The standard InChI is InChI=1S/C11H6ClNS2/c12-7-3-1-4-8-10(7)15-11(13-8)9-5-2-6-14-9/h1-6H. The molecule has 2 aromatic heterocycles. The van der Waals surface area contributed by atoms with Gasteiger partial charge in [0.05, 0.1) is 20.1 Å². The Bertz CT molecular complexity index is 598. The van der Waals surface area contributed by atoms with Crippen molar-refractivity contribution in [2.45, 2.75) is 0 Å². The van der Waals surface area contributed by atoms with Crippen LogP contribution in [0.25, 0.3) is 20.1 Å². The molecule has 15 heavy (non-hydrogen) atoms. The zero-order valence-corrected chi connectivity index (χ0v) is 9.99. The van der Waals surface area contributed by atoms with Crippen molar-refractivity contribution >= 4 is 44.5 Å². The van der Waals surface area contributed by atoms with Gasteiger partial charge in [0.2, 0.25) is 0 Å². The lowest BCUT2D eigenvalue weighted by Crippen LogP contribution is -1.68. The molecular formula is C11H6ClNS2. The number of benzene rings is 1. The quantitative estimate of drug-likeness (QED) is 0.612. The van der Waals surface area contributed by atoms with Crippen LogP contribution in [-0.2, 0) is 0 Å². The Kier molecular flexibility index (Phi) is 2.24. The summed E-state index contributed by atoms with van der Waals surface area (Å²) in [5.41, 5.74) is 0.982. The second-order valence-corrected chi connectivity index (χ2v) is 5.44. The van der Waals surface area contributed by atoms with Crippen LogP contribution in [0.1, 0.15) is 0 Å². The van der Waals surface area contributed by atoms with E-state index in [0.29, 0.717) is 0 Å². The van der Waals surface area contributed by atoms with E-state index in [1.54, 1.807) is 22.7 Å². The van der Waals surface area contributed by atoms with Crippen molar-refractivity contribution in [1.29, 1.82) is 0 Å². The van der Waals surface area contributed by atoms with Gasteiger partial charge in [-0.1, -0.05) is 23.7 Å². The average Bonchev–Trinajstić information content (AvgIpc) is 2.86. The minimum absolute atomic E-state index is 0.785. The molecule has 0 aliphatic rings. The normalized spacial score (nSPS) is 11.0. The van der Waals surface area contributed by atoms with Crippen molar-refractivity contribution in [2.24, 2.45) is 0 Å². The van der Waals surface area contributed by atoms with Crippen molar-refractivity contribution in [3.05, 3.63) is 40.7 Å². The molecule has 2 heterocycles. The fourth-order valence-electron chi connectivity index (χ4n) is 1.42. The minimum atomic E-state index is 0.785. The van der Waals surface area contributed by atoms with Crippen molar-refractivity contribution in [3.63, 3.8) is 0 Å². The fraction of sp³-hybridized carbons (Fsp3) is 0. The molecule has 0 atom stereocenters. The van der Waals surface area contributed by atoms with E-state index >= 15 is 0 Å². The highest BCUT2D eigenvalue weighted by molar-refractivity contribution is 7.25. The monoisotopic (exact) mass is 251 g/mol. The summed E-state index contributed by atoms with van der Waals surface area (Å²) in [7, 11) is 0. The maximum atomic E-state index is 6.11. The lowest BCUT2D eigenvalue weighted by Gasteiger charge is -1.87. The predicted molar refractivity (Wildman–Crippen MR) is 67.9 cm³/mol. The van der Waals surface area contributed by atoms with Gasteiger partial charge in [0.25, 0.3) is 0 Å². The van der Waals surface area contributed by atoms with Gasteiger partial charge in [-0.3, -0.25) is 0 Å². The summed E-state index contributed by atoms with van der Waals surface area (Å²) in [5, 5.41) is 3.89. The molecule has 0 aliphatic carbocycles. The Labute approximate surface area is 100.0 Å². The number of fused-ring (bicyclic) bond motifs is 1. The summed E-state index contributed by atoms with van der Waals surface area (Å²) in [5.74, 6) is 0. The van der Waals surface area contributed by atoms with E-state index in [1.807, 2.05) is 24.3 Å². The van der Waals surface area contributed by atoms with Gasteiger partial charge in [-0.25, -0.2) is 4.98 Å². The predicted octanol–water partition coefficient (Wildman–Crippen LogP) is 4.68. The van der Waals surface area contributed by atoms with E-state index < -0.39 is 0 Å². The van der Waals surface area contributed by atoms with Crippen molar-refractivity contribution in [1.82, 2.24) is 4.98 Å². The topological polar surface area (TPSA) is 12.9 Å². The third-order valence-electron chi connectivity index (χ3n) is 2.10. The molecule has 1 nitrogen and oxygen atoms in total. The molecule has 0 saturated carbocycles. The van der Waals surface area contributed by atoms with Crippen LogP contribution in [-0.4, -0.2) is 4.98 Å². The number of thiazole rings is 1. The van der Waals surface area contributed by atoms with Gasteiger partial charge < -0.3 is 0 Å². The maximum Gasteiger partial charge on any atom is 0.134 e. The zero-order chi connectivity index (χ0) is 10.3. The van der Waals surface area contributed by atoms with Gasteiger partial charge in [0, 0.05) is 0 Å². The van der Waals surface area contributed by atoms with E-state index in [9.17, 15) is 0 Å². The minimum Gasteiger partial charge on any atom is -0.235 e. The first-order valence-corrected chi connectivity index (χ1v) is 6.51. The largest absolute Gasteiger partial charge is 0.235 e. The molecular weight excluding hydrogens is 246 g/mol. The van der Waals surface area contributed by atoms with Crippen molar-refractivity contribution in [2.75, 3.05) is 0 Å². The van der Waals surface area contributed by atoms with E-state index in [-0.39, 0.29) is 0 Å². The SMILES string of the molecule is Clc1cccc2nc(-c3cccs3)sc12. The van der Waals surface area contributed by atoms with E-state index in [4.69, 9.17) is 11.6 Å². The summed E-state index contributed by atoms with van der Waals surface area (Å²) < 4.78 is 1.07. The average molecular weight is 252 g/mol. The van der Waals surface area contributed by atoms with Crippen molar-refractivity contribution < 1.29 is 0 Å². The van der Waals surface area contributed by atoms with Gasteiger partial charge in [-0.05, 0) is 23.6 Å². The van der Waals surface area contributed by atoms with Gasteiger partial charge in [-0.15, -0.1) is 22.7 Å². The lowest BCUT2D eigenvalue weighted by atomic mass is 10.3. The number of hydrogen-bond donors (Lipinski definition) is 0. The van der Waals surface area contributed by atoms with E-state index in [1.165, 1.54) is 4.88 Å². The number of nitrogens with zero attached hydrogens (tertiary/aromatic N) is 1. The molecule has 74 valence electrons. The smallest absolute Gasteiger partial charge is 0.134 e. The van der Waals surface area contributed by atoms with Crippen LogP contribution in [0.15, 0.2) is 35.7 Å². The number of hydrogen-bond acceptors (Lipinski definition) is 3. The van der Waals surface area contributed by atoms with Gasteiger partial charge in [-0.2, -0.15) is 0 Å². The molecule has 0 fully saturated rings. The number of halogens is 1. The molecule has 0 saturated heterocycles. The first-order valence-electron chi connectivity index (χ1n) is 4.43. The second-order valence-electron chi connectivity index (χ2n) is 3.08. The van der Waals surface area contributed by atoms with Crippen LogP contribution < -0.4 is 0 Å². The van der Waals surface area contributed by atoms with Gasteiger partial charge >= 0.3 is 0 Å². The van der Waals surface area contributed by atoms with Crippen LogP contribution in [0, 0.1) is 0 Å². The van der Waals surface area contributed by atoms with Gasteiger partial charge in [0.15, 0.2) is 0 Å². The summed E-state index contributed by atoms with van der Waals surface area (Å²) in [6.07, 6.45) is 0. The third kappa shape index (κ3) is 1.57. The molecule has 4 heteroatoms. The Morgan fingerprint density at radius 2 is 2.07 bits per heavy atom. The van der Waals surface area contributed by atoms with Crippen LogP contribution in [0.4, 0.5) is 0 Å². The molecule has 3 rings (SSSR count). The highest BCUT2D eigenvalue weighted by Crippen LogP contribution is 2.35. The van der Waals surface area contributed by atoms with E-state index in [2.05, 4.69) is 16.4 Å². The Hall–Kier alpha value is -0.900. The number of aromatic nitrogens is 1. The first-order chi connectivity index (χ1) is 7.34. The molecule has 0 N–H and O–H groups in total. The molecule has 0 unspecified atom stereocenters. The van der Waals surface area contributed by atoms with Gasteiger partial charge in [0.1, 0.15) is 5.01 Å². The summed E-state index contributed by atoms with van der Waals surface area (Å²) in [6, 6.07) is 9.95. The van der Waals surface area contributed by atoms with Crippen LogP contribution in [0.3, 0.4) is 0 Å². The van der Waals surface area contributed by atoms with Crippen LogP contribution in [0.2, 0.25) is 5.02 Å². The van der Waals surface area contributed by atoms with Crippen LogP contribution >= 0.6 is 34.3 Å². The molecule has 0 aliphatic heterocycles. The molecule has 1 aromatic carbocycles. The van der Waals surface area contributed by atoms with E-state index in [0.717, 1.165) is 20.2 Å². The second kappa shape index (κ2) is 3.59. The van der Waals surface area contributed by atoms with Crippen LogP contribution in [0.5, 0.6) is 0 Å². The van der Waals surface area contributed by atoms with Crippen molar-refractivity contribution in [3.8, 4) is 9.88 Å². The number of rotatable bonds is 1. The highest BCUT2D eigenvalue weighted by Gasteiger charge is 2.08. The number of thiophene rings is 1. The Morgan fingerprint density at radius 3 is 2.80 bits per heavy atom. The first kappa shape index (κ1) is 9.33. The molecule has 0 bridgehead atoms. The summed E-state index contributed by atoms with van der Waals surface area (Å²) in [6.45, 7) is 0. The molecule has 0 spiro atoms. The third-order valence-corrected chi connectivity index (χ3v) is 4.67. The lowest BCUT2D eigenvalue weighted by molar-refractivity contribution is 1.50. The Morgan fingerprint density at radius 1 is 1.13 bits per heavy atom. The highest BCUT2D eigenvalue weighted by atomic mass is 35.5. The molecule has 0 amide bonds. The molecule has 3 aromatic rings.